The number of nitrogens with one attached hydrogen (secondary N) is 1. The van der Waals surface area contributed by atoms with E-state index < -0.39 is 23.9 Å². The molecule has 35 heavy (non-hydrogen) atoms. The number of pyridine rings is 1. The minimum absolute atomic E-state index is 0.0802. The van der Waals surface area contributed by atoms with E-state index in [0.717, 1.165) is 11.1 Å². The van der Waals surface area contributed by atoms with Gasteiger partial charge in [0, 0.05) is 31.0 Å². The fraction of sp³-hybridized carbons (Fsp3) is 0.222. The summed E-state index contributed by atoms with van der Waals surface area (Å²) in [6, 6.07) is 15.0. The van der Waals surface area contributed by atoms with Crippen LogP contribution in [0.5, 0.6) is 0 Å². The lowest BCUT2D eigenvalue weighted by atomic mass is 9.98. The van der Waals surface area contributed by atoms with E-state index in [1.54, 1.807) is 30.5 Å². The molecule has 2 aromatic carbocycles. The highest BCUT2D eigenvalue weighted by Crippen LogP contribution is 2.25. The van der Waals surface area contributed by atoms with Gasteiger partial charge in [0.05, 0.1) is 30.5 Å². The van der Waals surface area contributed by atoms with Crippen molar-refractivity contribution in [3.8, 4) is 0 Å². The highest BCUT2D eigenvalue weighted by atomic mass is 19.1. The molecule has 1 aromatic heterocycles. The fourth-order valence-corrected chi connectivity index (χ4v) is 4.02. The monoisotopic (exact) mass is 477 g/mol. The molecule has 0 bridgehead atoms. The van der Waals surface area contributed by atoms with Crippen molar-refractivity contribution in [1.82, 2.24) is 10.3 Å². The maximum atomic E-state index is 15.0. The first-order chi connectivity index (χ1) is 17.0. The molecule has 0 unspecified atom stereocenters. The van der Waals surface area contributed by atoms with Crippen molar-refractivity contribution in [3.05, 3.63) is 107 Å². The summed E-state index contributed by atoms with van der Waals surface area (Å²) in [5, 5.41) is 12.7. The maximum Gasteiger partial charge on any atom is 0.252 e. The zero-order valence-corrected chi connectivity index (χ0v) is 19.1. The van der Waals surface area contributed by atoms with Gasteiger partial charge >= 0.3 is 0 Å². The van der Waals surface area contributed by atoms with Gasteiger partial charge in [0.25, 0.3) is 5.91 Å². The van der Waals surface area contributed by atoms with Crippen molar-refractivity contribution in [2.75, 3.05) is 20.3 Å². The maximum absolute atomic E-state index is 15.0. The summed E-state index contributed by atoms with van der Waals surface area (Å²) in [6.07, 6.45) is 2.97. The van der Waals surface area contributed by atoms with Crippen molar-refractivity contribution in [2.24, 2.45) is 4.99 Å². The second-order valence-corrected chi connectivity index (χ2v) is 8.10. The van der Waals surface area contributed by atoms with Gasteiger partial charge in [-0.15, -0.1) is 0 Å². The van der Waals surface area contributed by atoms with E-state index in [1.807, 2.05) is 12.1 Å². The van der Waals surface area contributed by atoms with E-state index in [0.29, 0.717) is 17.8 Å². The van der Waals surface area contributed by atoms with Gasteiger partial charge in [-0.1, -0.05) is 24.3 Å². The molecule has 0 radical (unpaired) electrons. The molecule has 4 rings (SSSR count). The van der Waals surface area contributed by atoms with E-state index in [9.17, 15) is 14.3 Å². The number of carbonyl (C=O) groups excluding carboxylic acids is 1. The van der Waals surface area contributed by atoms with E-state index in [-0.39, 0.29) is 30.1 Å². The molecule has 8 heteroatoms. The minimum atomic E-state index is -0.688. The van der Waals surface area contributed by atoms with Crippen molar-refractivity contribution in [1.29, 1.82) is 0 Å². The summed E-state index contributed by atoms with van der Waals surface area (Å²) in [5.41, 5.74) is 2.80. The summed E-state index contributed by atoms with van der Waals surface area (Å²) in [5.74, 6) is -1.46. The molecular formula is C27H25F2N3O3. The van der Waals surface area contributed by atoms with E-state index >= 15 is 4.39 Å². The van der Waals surface area contributed by atoms with Gasteiger partial charge in [0.2, 0.25) is 0 Å². The van der Waals surface area contributed by atoms with E-state index in [1.165, 1.54) is 37.4 Å². The number of aromatic nitrogens is 1. The summed E-state index contributed by atoms with van der Waals surface area (Å²) in [7, 11) is 1.45. The molecule has 180 valence electrons. The number of benzene rings is 2. The lowest BCUT2D eigenvalue weighted by Gasteiger charge is -2.26. The topological polar surface area (TPSA) is 83.8 Å². The highest BCUT2D eigenvalue weighted by Gasteiger charge is 2.27. The third kappa shape index (κ3) is 5.67. The van der Waals surface area contributed by atoms with Crippen molar-refractivity contribution in [3.63, 3.8) is 0 Å². The number of rotatable bonds is 9. The molecule has 1 aliphatic rings. The molecule has 2 N–H and O–H groups in total. The molecule has 2 heterocycles. The Labute approximate surface area is 202 Å². The van der Waals surface area contributed by atoms with Gasteiger partial charge < -0.3 is 15.2 Å². The molecule has 1 aliphatic heterocycles. The van der Waals surface area contributed by atoms with Gasteiger partial charge in [0.15, 0.2) is 0 Å². The average Bonchev–Trinajstić information content (AvgIpc) is 3.35. The van der Waals surface area contributed by atoms with E-state index in [2.05, 4.69) is 15.3 Å². The lowest BCUT2D eigenvalue weighted by Crippen LogP contribution is -2.47. The molecule has 3 aromatic rings. The van der Waals surface area contributed by atoms with Crippen LogP contribution in [-0.4, -0.2) is 54.1 Å². The standard InChI is InChI=1S/C27H25F2N3O3/c1-35-25(16-33)23(14-20-5-2-3-12-30-20)32-27(34)21-6-4-7-22(29)26(21)24-13-18(15-31-24)17-8-10-19(28)11-9-17/h2-13,23,25,33H,14-16H2,1H3,(H,32,34)/t23-,25+/m1/s1. The number of aliphatic imine (C=N–C) groups is 1. The second kappa shape index (κ2) is 11.1. The van der Waals surface area contributed by atoms with Crippen LogP contribution < -0.4 is 5.32 Å². The van der Waals surface area contributed by atoms with Crippen LogP contribution in [0.2, 0.25) is 0 Å². The predicted octanol–water partition coefficient (Wildman–Crippen LogP) is 3.59. The van der Waals surface area contributed by atoms with Crippen LogP contribution in [0.1, 0.15) is 27.2 Å². The van der Waals surface area contributed by atoms with Gasteiger partial charge in [-0.3, -0.25) is 14.8 Å². The lowest BCUT2D eigenvalue weighted by molar-refractivity contribution is 0.0214. The molecule has 0 fully saturated rings. The van der Waals surface area contributed by atoms with E-state index in [4.69, 9.17) is 4.74 Å². The Morgan fingerprint density at radius 3 is 2.60 bits per heavy atom. The Morgan fingerprint density at radius 1 is 1.11 bits per heavy atom. The van der Waals surface area contributed by atoms with Crippen LogP contribution in [-0.2, 0) is 11.2 Å². The smallest absolute Gasteiger partial charge is 0.252 e. The van der Waals surface area contributed by atoms with Crippen LogP contribution in [0.15, 0.2) is 77.9 Å². The minimum Gasteiger partial charge on any atom is -0.394 e. The number of nitrogens with zero attached hydrogens (tertiary/aromatic N) is 2. The van der Waals surface area contributed by atoms with Crippen LogP contribution in [0, 0.1) is 11.6 Å². The van der Waals surface area contributed by atoms with Gasteiger partial charge in [0.1, 0.15) is 17.7 Å². The quantitative estimate of drug-likeness (QED) is 0.493. The summed E-state index contributed by atoms with van der Waals surface area (Å²) in [4.78, 5) is 22.1. The molecular weight excluding hydrogens is 452 g/mol. The Balaban J connectivity index is 1.62. The summed E-state index contributed by atoms with van der Waals surface area (Å²) < 4.78 is 33.7. The number of amides is 1. The second-order valence-electron chi connectivity index (χ2n) is 8.10. The van der Waals surface area contributed by atoms with Crippen LogP contribution in [0.3, 0.4) is 0 Å². The Morgan fingerprint density at radius 2 is 1.91 bits per heavy atom. The van der Waals surface area contributed by atoms with Crippen LogP contribution in [0.4, 0.5) is 8.78 Å². The fourth-order valence-electron chi connectivity index (χ4n) is 4.02. The third-order valence-corrected chi connectivity index (χ3v) is 5.86. The molecule has 0 saturated heterocycles. The zero-order valence-electron chi connectivity index (χ0n) is 19.1. The summed E-state index contributed by atoms with van der Waals surface area (Å²) in [6.45, 7) is -0.0321. The zero-order chi connectivity index (χ0) is 24.8. The number of ether oxygens (including phenoxy) is 1. The number of halogens is 2. The number of aliphatic hydroxyl groups is 1. The normalized spacial score (nSPS) is 14.7. The first kappa shape index (κ1) is 24.4. The Hall–Kier alpha value is -3.75. The SMILES string of the molecule is CO[C@@H](CO)[C@@H](Cc1ccccn1)NC(=O)c1cccc(F)c1C1=NCC(c2ccc(F)cc2)=C1. The van der Waals surface area contributed by atoms with Crippen molar-refractivity contribution < 1.29 is 23.4 Å². The number of hydrogen-bond donors (Lipinski definition) is 2. The predicted molar refractivity (Wildman–Crippen MR) is 129 cm³/mol. The molecule has 0 spiro atoms. The number of carbonyl (C=O) groups is 1. The van der Waals surface area contributed by atoms with Crippen molar-refractivity contribution >= 4 is 17.2 Å². The van der Waals surface area contributed by atoms with Crippen molar-refractivity contribution in [2.45, 2.75) is 18.6 Å². The first-order valence-corrected chi connectivity index (χ1v) is 11.1. The number of hydrogen-bond acceptors (Lipinski definition) is 5. The highest BCUT2D eigenvalue weighted by molar-refractivity contribution is 6.19. The number of allylic oxidation sites excluding steroid dienone is 1. The van der Waals surface area contributed by atoms with Gasteiger partial charge in [-0.05, 0) is 53.6 Å². The Kier molecular flexibility index (Phi) is 7.74. The largest absolute Gasteiger partial charge is 0.394 e. The van der Waals surface area contributed by atoms with Crippen LogP contribution in [0.25, 0.3) is 5.57 Å². The number of methoxy groups -OCH3 is 1. The third-order valence-electron chi connectivity index (χ3n) is 5.86. The molecule has 1 amide bonds. The van der Waals surface area contributed by atoms with Gasteiger partial charge in [-0.25, -0.2) is 8.78 Å². The molecule has 2 atom stereocenters. The molecule has 0 saturated carbocycles. The Bertz CT molecular complexity index is 1240. The average molecular weight is 478 g/mol. The van der Waals surface area contributed by atoms with Crippen LogP contribution >= 0.6 is 0 Å². The molecule has 6 nitrogen and oxygen atoms in total. The molecule has 0 aliphatic carbocycles. The first-order valence-electron chi connectivity index (χ1n) is 11.1. The van der Waals surface area contributed by atoms with Gasteiger partial charge in [-0.2, -0.15) is 0 Å². The summed E-state index contributed by atoms with van der Waals surface area (Å²) >= 11 is 0. The number of aliphatic hydroxyl groups excluding tert-OH is 1.